The lowest BCUT2D eigenvalue weighted by Crippen LogP contribution is -2.49. The summed E-state index contributed by atoms with van der Waals surface area (Å²) in [7, 11) is 0. The molecule has 2 aliphatic rings. The topological polar surface area (TPSA) is 65.1 Å². The Morgan fingerprint density at radius 2 is 1.63 bits per heavy atom. The minimum atomic E-state index is -0.181. The molecule has 7 nitrogen and oxygen atoms in total. The van der Waals surface area contributed by atoms with Crippen LogP contribution in [0.15, 0.2) is 30.3 Å². The molecular formula is C20H30N4O3. The quantitative estimate of drug-likeness (QED) is 0.690. The fourth-order valence-corrected chi connectivity index (χ4v) is 3.49. The smallest absolute Gasteiger partial charge is 0.232 e. The van der Waals surface area contributed by atoms with Gasteiger partial charge in [0.15, 0.2) is 0 Å². The van der Waals surface area contributed by atoms with Crippen LogP contribution < -0.4 is 5.32 Å². The molecule has 0 saturated carbocycles. The molecule has 1 aromatic rings. The molecule has 0 radical (unpaired) electrons. The highest BCUT2D eigenvalue weighted by Gasteiger charge is 2.22. The Labute approximate surface area is 161 Å². The Kier molecular flexibility index (Phi) is 7.62. The van der Waals surface area contributed by atoms with E-state index in [4.69, 9.17) is 4.74 Å². The van der Waals surface area contributed by atoms with Crippen molar-refractivity contribution in [1.82, 2.24) is 20.0 Å². The van der Waals surface area contributed by atoms with E-state index in [0.29, 0.717) is 19.6 Å². The predicted octanol–water partition coefficient (Wildman–Crippen LogP) is 0.169. The summed E-state index contributed by atoms with van der Waals surface area (Å²) >= 11 is 0. The van der Waals surface area contributed by atoms with Crippen molar-refractivity contribution in [2.75, 3.05) is 65.6 Å². The number of rotatable bonds is 7. The van der Waals surface area contributed by atoms with Crippen molar-refractivity contribution in [3.63, 3.8) is 0 Å². The second-order valence-electron chi connectivity index (χ2n) is 7.12. The Balaban J connectivity index is 1.31. The number of morpholine rings is 1. The zero-order chi connectivity index (χ0) is 18.9. The van der Waals surface area contributed by atoms with Gasteiger partial charge in [-0.3, -0.25) is 19.4 Å². The summed E-state index contributed by atoms with van der Waals surface area (Å²) in [5, 5.41) is 2.86. The second-order valence-corrected chi connectivity index (χ2v) is 7.12. The molecule has 2 saturated heterocycles. The van der Waals surface area contributed by atoms with Crippen LogP contribution in [0.25, 0.3) is 0 Å². The highest BCUT2D eigenvalue weighted by molar-refractivity contribution is 5.96. The van der Waals surface area contributed by atoms with E-state index in [1.807, 2.05) is 23.1 Å². The molecule has 0 unspecified atom stereocenters. The van der Waals surface area contributed by atoms with Gasteiger partial charge in [0.1, 0.15) is 6.42 Å². The number of nitrogens with one attached hydrogen (secondary N) is 1. The highest BCUT2D eigenvalue weighted by atomic mass is 16.5. The maximum Gasteiger partial charge on any atom is 0.232 e. The molecule has 7 heteroatoms. The molecule has 0 atom stereocenters. The van der Waals surface area contributed by atoms with E-state index in [2.05, 4.69) is 27.2 Å². The highest BCUT2D eigenvalue weighted by Crippen LogP contribution is 2.09. The number of hydrogen-bond donors (Lipinski definition) is 1. The van der Waals surface area contributed by atoms with E-state index >= 15 is 0 Å². The third-order valence-corrected chi connectivity index (χ3v) is 5.14. The van der Waals surface area contributed by atoms with Crippen LogP contribution in [0.1, 0.15) is 12.0 Å². The molecule has 0 aromatic heterocycles. The van der Waals surface area contributed by atoms with Crippen LogP contribution in [0.3, 0.4) is 0 Å². The van der Waals surface area contributed by atoms with Crippen molar-refractivity contribution >= 4 is 11.8 Å². The molecule has 148 valence electrons. The van der Waals surface area contributed by atoms with Gasteiger partial charge in [-0.15, -0.1) is 0 Å². The van der Waals surface area contributed by atoms with Gasteiger partial charge in [0, 0.05) is 58.9 Å². The summed E-state index contributed by atoms with van der Waals surface area (Å²) in [4.78, 5) is 30.8. The minimum Gasteiger partial charge on any atom is -0.379 e. The van der Waals surface area contributed by atoms with E-state index in [1.165, 1.54) is 5.56 Å². The molecule has 2 aliphatic heterocycles. The lowest BCUT2D eigenvalue weighted by Gasteiger charge is -2.34. The van der Waals surface area contributed by atoms with Gasteiger partial charge in [0.05, 0.1) is 13.2 Å². The number of carbonyl (C=O) groups is 2. The molecular weight excluding hydrogens is 344 g/mol. The first-order valence-electron chi connectivity index (χ1n) is 9.81. The van der Waals surface area contributed by atoms with Gasteiger partial charge < -0.3 is 15.0 Å². The van der Waals surface area contributed by atoms with Gasteiger partial charge >= 0.3 is 0 Å². The van der Waals surface area contributed by atoms with Crippen LogP contribution >= 0.6 is 0 Å². The maximum absolute atomic E-state index is 12.4. The molecule has 1 N–H and O–H groups in total. The molecule has 2 fully saturated rings. The lowest BCUT2D eigenvalue weighted by molar-refractivity contribution is -0.137. The molecule has 0 spiro atoms. The summed E-state index contributed by atoms with van der Waals surface area (Å²) in [6, 6.07) is 10.4. The summed E-state index contributed by atoms with van der Waals surface area (Å²) < 4.78 is 5.31. The van der Waals surface area contributed by atoms with Gasteiger partial charge in [-0.2, -0.15) is 0 Å². The fourth-order valence-electron chi connectivity index (χ4n) is 3.49. The van der Waals surface area contributed by atoms with Crippen LogP contribution in [0, 0.1) is 0 Å². The van der Waals surface area contributed by atoms with E-state index in [9.17, 15) is 9.59 Å². The van der Waals surface area contributed by atoms with Crippen molar-refractivity contribution in [1.29, 1.82) is 0 Å². The third kappa shape index (κ3) is 6.61. The van der Waals surface area contributed by atoms with Gasteiger partial charge in [-0.1, -0.05) is 30.3 Å². The molecule has 2 amide bonds. The van der Waals surface area contributed by atoms with Crippen LogP contribution in [0.5, 0.6) is 0 Å². The van der Waals surface area contributed by atoms with Gasteiger partial charge in [0.2, 0.25) is 11.8 Å². The zero-order valence-corrected chi connectivity index (χ0v) is 15.9. The molecule has 2 heterocycles. The zero-order valence-electron chi connectivity index (χ0n) is 15.9. The van der Waals surface area contributed by atoms with Crippen LogP contribution in [0.4, 0.5) is 0 Å². The summed E-state index contributed by atoms with van der Waals surface area (Å²) in [5.74, 6) is -0.252. The molecule has 0 bridgehead atoms. The average molecular weight is 374 g/mol. The lowest BCUT2D eigenvalue weighted by atomic mass is 10.2. The van der Waals surface area contributed by atoms with Crippen LogP contribution in [0.2, 0.25) is 0 Å². The van der Waals surface area contributed by atoms with Crippen molar-refractivity contribution in [2.24, 2.45) is 0 Å². The van der Waals surface area contributed by atoms with E-state index in [1.54, 1.807) is 0 Å². The van der Waals surface area contributed by atoms with Crippen molar-refractivity contribution in [3.8, 4) is 0 Å². The number of piperazine rings is 1. The van der Waals surface area contributed by atoms with Crippen molar-refractivity contribution < 1.29 is 14.3 Å². The predicted molar refractivity (Wildman–Crippen MR) is 103 cm³/mol. The third-order valence-electron chi connectivity index (χ3n) is 5.14. The largest absolute Gasteiger partial charge is 0.379 e. The van der Waals surface area contributed by atoms with E-state index in [0.717, 1.165) is 52.5 Å². The van der Waals surface area contributed by atoms with Crippen LogP contribution in [-0.2, 0) is 20.9 Å². The first kappa shape index (κ1) is 19.8. The van der Waals surface area contributed by atoms with Gasteiger partial charge in [-0.05, 0) is 5.56 Å². The van der Waals surface area contributed by atoms with Crippen molar-refractivity contribution in [3.05, 3.63) is 35.9 Å². The van der Waals surface area contributed by atoms with Crippen molar-refractivity contribution in [2.45, 2.75) is 13.0 Å². The first-order valence-corrected chi connectivity index (χ1v) is 9.81. The summed E-state index contributed by atoms with van der Waals surface area (Å²) in [5.41, 5.74) is 1.29. The Bertz CT molecular complexity index is 597. The number of benzene rings is 1. The van der Waals surface area contributed by atoms with Gasteiger partial charge in [-0.25, -0.2) is 0 Å². The first-order chi connectivity index (χ1) is 13.2. The minimum absolute atomic E-state index is 0.0538. The maximum atomic E-state index is 12.4. The summed E-state index contributed by atoms with van der Waals surface area (Å²) in [6.45, 7) is 8.68. The standard InChI is InChI=1S/C20H30N4O3/c25-19(21-6-7-22-12-14-27-15-13-22)16-20(26)24-10-8-23(9-11-24)17-18-4-2-1-3-5-18/h1-5H,6-17H2,(H,21,25). The number of hydrogen-bond acceptors (Lipinski definition) is 5. The fraction of sp³-hybridized carbons (Fsp3) is 0.600. The Hall–Kier alpha value is -1.96. The number of carbonyl (C=O) groups excluding carboxylic acids is 2. The molecule has 1 aromatic carbocycles. The number of ether oxygens (including phenoxy) is 1. The van der Waals surface area contributed by atoms with Crippen LogP contribution in [-0.4, -0.2) is 92.1 Å². The van der Waals surface area contributed by atoms with E-state index in [-0.39, 0.29) is 18.2 Å². The average Bonchev–Trinajstić information content (AvgIpc) is 2.70. The number of amides is 2. The normalized spacial score (nSPS) is 19.0. The molecule has 3 rings (SSSR count). The Morgan fingerprint density at radius 1 is 0.926 bits per heavy atom. The Morgan fingerprint density at radius 3 is 2.33 bits per heavy atom. The second kappa shape index (κ2) is 10.4. The van der Waals surface area contributed by atoms with Gasteiger partial charge in [0.25, 0.3) is 0 Å². The molecule has 0 aliphatic carbocycles. The summed E-state index contributed by atoms with van der Waals surface area (Å²) in [6.07, 6.45) is -0.0538. The van der Waals surface area contributed by atoms with E-state index < -0.39 is 0 Å². The monoisotopic (exact) mass is 374 g/mol. The molecule has 27 heavy (non-hydrogen) atoms. The SMILES string of the molecule is O=C(CC(=O)N1CCN(Cc2ccccc2)CC1)NCCN1CCOCC1. The number of nitrogens with zero attached hydrogens (tertiary/aromatic N) is 3.